The molecule has 0 aliphatic heterocycles. The number of fused-ring (bicyclic) bond motifs is 1. The van der Waals surface area contributed by atoms with Gasteiger partial charge in [0.25, 0.3) is 0 Å². The minimum atomic E-state index is 0.118. The summed E-state index contributed by atoms with van der Waals surface area (Å²) in [6, 6.07) is 13.6. The molecule has 1 aliphatic rings. The fraction of sp³-hybridized carbons (Fsp3) is 0.250. The smallest absolute Gasteiger partial charge is 0.189 e. The number of hydrogen-bond donors (Lipinski definition) is 0. The highest BCUT2D eigenvalue weighted by molar-refractivity contribution is 6.15. The van der Waals surface area contributed by atoms with Crippen molar-refractivity contribution < 1.29 is 14.3 Å². The lowest BCUT2D eigenvalue weighted by atomic mass is 10.1. The first-order valence-electron chi connectivity index (χ1n) is 7.95. The van der Waals surface area contributed by atoms with Crippen molar-refractivity contribution in [1.29, 1.82) is 0 Å². The maximum Gasteiger partial charge on any atom is 0.189 e. The first kappa shape index (κ1) is 15.3. The highest BCUT2D eigenvalue weighted by Crippen LogP contribution is 2.32. The van der Waals surface area contributed by atoms with Crippen LogP contribution in [0.2, 0.25) is 0 Å². The van der Waals surface area contributed by atoms with E-state index in [0.717, 1.165) is 28.0 Å². The zero-order valence-corrected chi connectivity index (χ0v) is 13.5. The summed E-state index contributed by atoms with van der Waals surface area (Å²) in [4.78, 5) is 12.5. The van der Waals surface area contributed by atoms with Gasteiger partial charge < -0.3 is 9.47 Å². The normalized spacial score (nSPS) is 14.9. The molecule has 0 saturated heterocycles. The number of carbonyl (C=O) groups excluding carboxylic acids is 1. The minimum Gasteiger partial charge on any atom is -0.490 e. The molecular weight excluding hydrogens is 288 g/mol. The van der Waals surface area contributed by atoms with Crippen LogP contribution in [0, 0.1) is 0 Å². The van der Waals surface area contributed by atoms with Crippen molar-refractivity contribution in [3.63, 3.8) is 0 Å². The van der Waals surface area contributed by atoms with Gasteiger partial charge in [0.15, 0.2) is 17.3 Å². The van der Waals surface area contributed by atoms with Gasteiger partial charge in [0.1, 0.15) is 0 Å². The van der Waals surface area contributed by atoms with Crippen molar-refractivity contribution in [3.05, 3.63) is 64.7 Å². The lowest BCUT2D eigenvalue weighted by Crippen LogP contribution is -1.99. The molecule has 2 aromatic carbocycles. The van der Waals surface area contributed by atoms with Gasteiger partial charge in [-0.2, -0.15) is 0 Å². The third-order valence-corrected chi connectivity index (χ3v) is 3.84. The van der Waals surface area contributed by atoms with E-state index in [1.165, 1.54) is 0 Å². The number of ketones is 1. The number of hydrogen-bond acceptors (Lipinski definition) is 3. The van der Waals surface area contributed by atoms with E-state index >= 15 is 0 Å². The summed E-state index contributed by atoms with van der Waals surface area (Å²) >= 11 is 0. The molecule has 3 heteroatoms. The first-order valence-corrected chi connectivity index (χ1v) is 7.95. The van der Waals surface area contributed by atoms with Crippen molar-refractivity contribution in [1.82, 2.24) is 0 Å². The second-order valence-corrected chi connectivity index (χ2v) is 5.40. The van der Waals surface area contributed by atoms with E-state index in [4.69, 9.17) is 9.47 Å². The molecular formula is C20H20O3. The Morgan fingerprint density at radius 1 is 1.00 bits per heavy atom. The van der Waals surface area contributed by atoms with Crippen LogP contribution >= 0.6 is 0 Å². The van der Waals surface area contributed by atoms with Crippen LogP contribution in [-0.2, 0) is 6.42 Å². The molecule has 0 N–H and O–H groups in total. The minimum absolute atomic E-state index is 0.118. The summed E-state index contributed by atoms with van der Waals surface area (Å²) in [5, 5.41) is 0. The highest BCUT2D eigenvalue weighted by atomic mass is 16.5. The van der Waals surface area contributed by atoms with Crippen LogP contribution in [-0.4, -0.2) is 19.0 Å². The van der Waals surface area contributed by atoms with Gasteiger partial charge in [-0.3, -0.25) is 4.79 Å². The molecule has 0 saturated carbocycles. The molecule has 0 unspecified atom stereocenters. The Balaban J connectivity index is 1.91. The van der Waals surface area contributed by atoms with Crippen LogP contribution < -0.4 is 9.47 Å². The second-order valence-electron chi connectivity index (χ2n) is 5.40. The molecule has 2 aromatic rings. The molecule has 0 spiro atoms. The molecule has 3 rings (SSSR count). The molecule has 118 valence electrons. The zero-order chi connectivity index (χ0) is 16.2. The third kappa shape index (κ3) is 3.14. The number of Topliss-reactive ketones (excluding diaryl/α,β-unsaturated/α-hetero) is 1. The second kappa shape index (κ2) is 6.69. The van der Waals surface area contributed by atoms with Gasteiger partial charge in [-0.15, -0.1) is 0 Å². The molecule has 0 aromatic heterocycles. The van der Waals surface area contributed by atoms with Crippen molar-refractivity contribution in [2.24, 2.45) is 0 Å². The average molecular weight is 308 g/mol. The van der Waals surface area contributed by atoms with E-state index in [2.05, 4.69) is 0 Å². The monoisotopic (exact) mass is 308 g/mol. The van der Waals surface area contributed by atoms with Gasteiger partial charge in [0.05, 0.1) is 13.2 Å². The van der Waals surface area contributed by atoms with Gasteiger partial charge in [-0.05, 0) is 43.2 Å². The Labute approximate surface area is 136 Å². The van der Waals surface area contributed by atoms with Crippen LogP contribution in [0.4, 0.5) is 0 Å². The number of allylic oxidation sites excluding steroid dienone is 1. The predicted molar refractivity (Wildman–Crippen MR) is 91.2 cm³/mol. The van der Waals surface area contributed by atoms with Gasteiger partial charge in [-0.1, -0.05) is 30.3 Å². The Bertz CT molecular complexity index is 759. The Kier molecular flexibility index (Phi) is 4.47. The molecule has 0 amide bonds. The van der Waals surface area contributed by atoms with Gasteiger partial charge in [0, 0.05) is 17.6 Å². The van der Waals surface area contributed by atoms with E-state index in [1.54, 1.807) is 0 Å². The Morgan fingerprint density at radius 2 is 1.74 bits per heavy atom. The SMILES string of the molecule is CCOc1ccc(C=C2Cc3ccccc3C2=O)cc1OCC. The fourth-order valence-electron chi connectivity index (χ4n) is 2.83. The number of carbonyl (C=O) groups is 1. The van der Waals surface area contributed by atoms with E-state index in [0.29, 0.717) is 25.4 Å². The molecule has 0 radical (unpaired) electrons. The van der Waals surface area contributed by atoms with Crippen molar-refractivity contribution >= 4 is 11.9 Å². The molecule has 1 aliphatic carbocycles. The summed E-state index contributed by atoms with van der Waals surface area (Å²) in [6.07, 6.45) is 2.63. The van der Waals surface area contributed by atoms with Gasteiger partial charge in [-0.25, -0.2) is 0 Å². The molecule has 23 heavy (non-hydrogen) atoms. The lowest BCUT2D eigenvalue weighted by molar-refractivity contribution is 0.104. The van der Waals surface area contributed by atoms with Gasteiger partial charge >= 0.3 is 0 Å². The van der Waals surface area contributed by atoms with Crippen LogP contribution in [0.3, 0.4) is 0 Å². The molecule has 0 atom stereocenters. The van der Waals surface area contributed by atoms with E-state index in [9.17, 15) is 4.79 Å². The molecule has 0 fully saturated rings. The summed E-state index contributed by atoms with van der Waals surface area (Å²) in [5.41, 5.74) is 3.68. The van der Waals surface area contributed by atoms with Crippen molar-refractivity contribution in [2.45, 2.75) is 20.3 Å². The standard InChI is InChI=1S/C20H20O3/c1-3-22-18-10-9-14(12-19(18)23-4-2)11-16-13-15-7-5-6-8-17(15)20(16)21/h5-12H,3-4,13H2,1-2H3. The summed E-state index contributed by atoms with van der Waals surface area (Å²) < 4.78 is 11.2. The maximum absolute atomic E-state index is 12.5. The maximum atomic E-state index is 12.5. The third-order valence-electron chi connectivity index (χ3n) is 3.84. The largest absolute Gasteiger partial charge is 0.490 e. The highest BCUT2D eigenvalue weighted by Gasteiger charge is 2.23. The summed E-state index contributed by atoms with van der Waals surface area (Å²) in [7, 11) is 0. The quantitative estimate of drug-likeness (QED) is 0.772. The zero-order valence-electron chi connectivity index (χ0n) is 13.5. The lowest BCUT2D eigenvalue weighted by Gasteiger charge is -2.11. The summed E-state index contributed by atoms with van der Waals surface area (Å²) in [6.45, 7) is 5.05. The van der Waals surface area contributed by atoms with Crippen LogP contribution in [0.5, 0.6) is 11.5 Å². The topological polar surface area (TPSA) is 35.5 Å². The van der Waals surface area contributed by atoms with E-state index < -0.39 is 0 Å². The van der Waals surface area contributed by atoms with Gasteiger partial charge in [0.2, 0.25) is 0 Å². The van der Waals surface area contributed by atoms with E-state index in [-0.39, 0.29) is 5.78 Å². The summed E-state index contributed by atoms with van der Waals surface area (Å²) in [5.74, 6) is 1.57. The molecule has 0 heterocycles. The van der Waals surface area contributed by atoms with Crippen molar-refractivity contribution in [3.8, 4) is 11.5 Å². The predicted octanol–water partition coefficient (Wildman–Crippen LogP) is 4.31. The molecule has 0 bridgehead atoms. The number of benzene rings is 2. The fourth-order valence-corrected chi connectivity index (χ4v) is 2.83. The van der Waals surface area contributed by atoms with Crippen LogP contribution in [0.1, 0.15) is 35.3 Å². The molecule has 3 nitrogen and oxygen atoms in total. The number of ether oxygens (including phenoxy) is 2. The van der Waals surface area contributed by atoms with Crippen LogP contribution in [0.15, 0.2) is 48.0 Å². The van der Waals surface area contributed by atoms with Crippen molar-refractivity contribution in [2.75, 3.05) is 13.2 Å². The Morgan fingerprint density at radius 3 is 2.48 bits per heavy atom. The van der Waals surface area contributed by atoms with Crippen LogP contribution in [0.25, 0.3) is 6.08 Å². The Hall–Kier alpha value is -2.55. The average Bonchev–Trinajstić information content (AvgIpc) is 2.87. The van der Waals surface area contributed by atoms with E-state index in [1.807, 2.05) is 62.4 Å². The number of rotatable bonds is 5. The first-order chi connectivity index (χ1) is 11.2.